The molecule has 0 radical (unpaired) electrons. The molecule has 0 fully saturated rings. The number of fused-ring (bicyclic) bond motifs is 1. The largest absolute Gasteiger partial charge is 0.308 e. The molecule has 0 saturated heterocycles. The van der Waals surface area contributed by atoms with E-state index in [0.29, 0.717) is 11.4 Å². The number of anilines is 1. The Bertz CT molecular complexity index is 620. The number of aromatic nitrogens is 2. The van der Waals surface area contributed by atoms with Gasteiger partial charge in [0.25, 0.3) is 0 Å². The molecule has 104 valence electrons. The molecule has 1 heterocycles. The minimum Gasteiger partial charge on any atom is -0.308 e. The Balaban J connectivity index is 2.14. The summed E-state index contributed by atoms with van der Waals surface area (Å²) in [6.07, 6.45) is 3.81. The molecule has 0 aliphatic heterocycles. The van der Waals surface area contributed by atoms with Gasteiger partial charge in [-0.3, -0.25) is 0 Å². The Morgan fingerprint density at radius 3 is 2.40 bits per heavy atom. The van der Waals surface area contributed by atoms with Gasteiger partial charge in [0.1, 0.15) is 17.5 Å². The molecule has 6 heteroatoms. The van der Waals surface area contributed by atoms with Crippen LogP contribution in [0, 0.1) is 11.6 Å². The van der Waals surface area contributed by atoms with Crippen molar-refractivity contribution in [3.05, 3.63) is 41.1 Å². The number of halogens is 2. The van der Waals surface area contributed by atoms with Crippen LogP contribution in [0.2, 0.25) is 0 Å². The van der Waals surface area contributed by atoms with Crippen LogP contribution >= 0.6 is 0 Å². The average molecular weight is 276 g/mol. The lowest BCUT2D eigenvalue weighted by Crippen LogP contribution is -2.17. The Kier molecular flexibility index (Phi) is 3.31. The summed E-state index contributed by atoms with van der Waals surface area (Å²) < 4.78 is 26.6. The molecule has 3 rings (SSSR count). The van der Waals surface area contributed by atoms with Crippen molar-refractivity contribution in [2.24, 2.45) is 5.84 Å². The van der Waals surface area contributed by atoms with Gasteiger partial charge in [-0.05, 0) is 37.8 Å². The minimum absolute atomic E-state index is 0.289. The van der Waals surface area contributed by atoms with E-state index in [1.165, 1.54) is 12.1 Å². The number of aryl methyl sites for hydroxylation is 1. The standard InChI is InChI=1S/C14H14F2N4/c15-9-5-8(6-10(16)7-9)13-18-12-4-2-1-3-11(12)14(19-13)20-17/h5-7H,1-4,17H2,(H,18,19,20). The molecule has 0 atom stereocenters. The summed E-state index contributed by atoms with van der Waals surface area (Å²) in [4.78, 5) is 8.71. The van der Waals surface area contributed by atoms with Gasteiger partial charge in [-0.2, -0.15) is 0 Å². The summed E-state index contributed by atoms with van der Waals surface area (Å²) in [5.41, 5.74) is 4.77. The zero-order valence-electron chi connectivity index (χ0n) is 10.8. The second-order valence-corrected chi connectivity index (χ2v) is 4.83. The van der Waals surface area contributed by atoms with E-state index in [4.69, 9.17) is 5.84 Å². The fourth-order valence-electron chi connectivity index (χ4n) is 2.53. The van der Waals surface area contributed by atoms with E-state index in [1.54, 1.807) is 0 Å². The van der Waals surface area contributed by atoms with E-state index < -0.39 is 11.6 Å². The second-order valence-electron chi connectivity index (χ2n) is 4.83. The molecule has 0 spiro atoms. The Morgan fingerprint density at radius 2 is 1.70 bits per heavy atom. The Hall–Kier alpha value is -2.08. The number of hydrogen-bond donors (Lipinski definition) is 2. The molecule has 3 N–H and O–H groups in total. The Morgan fingerprint density at radius 1 is 1.00 bits per heavy atom. The molecule has 0 bridgehead atoms. The maximum atomic E-state index is 13.3. The van der Waals surface area contributed by atoms with Crippen molar-refractivity contribution in [3.8, 4) is 11.4 Å². The zero-order valence-corrected chi connectivity index (χ0v) is 10.8. The van der Waals surface area contributed by atoms with Crippen LogP contribution in [0.25, 0.3) is 11.4 Å². The molecule has 4 nitrogen and oxygen atoms in total. The van der Waals surface area contributed by atoms with Crippen LogP contribution in [-0.2, 0) is 12.8 Å². The summed E-state index contributed by atoms with van der Waals surface area (Å²) in [6.45, 7) is 0. The topological polar surface area (TPSA) is 63.8 Å². The maximum Gasteiger partial charge on any atom is 0.162 e. The van der Waals surface area contributed by atoms with Crippen molar-refractivity contribution in [1.29, 1.82) is 0 Å². The first-order valence-electron chi connectivity index (χ1n) is 6.50. The molecule has 1 aromatic carbocycles. The molecule has 1 aliphatic carbocycles. The molecule has 0 saturated carbocycles. The number of nitrogens with one attached hydrogen (secondary N) is 1. The van der Waals surface area contributed by atoms with Crippen molar-refractivity contribution in [1.82, 2.24) is 9.97 Å². The highest BCUT2D eigenvalue weighted by Gasteiger charge is 2.18. The first-order valence-corrected chi connectivity index (χ1v) is 6.50. The number of rotatable bonds is 2. The summed E-state index contributed by atoms with van der Waals surface area (Å²) in [6, 6.07) is 3.26. The Labute approximate surface area is 115 Å². The van der Waals surface area contributed by atoms with Gasteiger partial charge in [0, 0.05) is 22.9 Å². The summed E-state index contributed by atoms with van der Waals surface area (Å²) in [5, 5.41) is 0. The SMILES string of the molecule is NNc1nc(-c2cc(F)cc(F)c2)nc2c1CCCC2. The number of benzene rings is 1. The number of nitrogen functional groups attached to an aromatic ring is 1. The van der Waals surface area contributed by atoms with E-state index in [2.05, 4.69) is 15.4 Å². The van der Waals surface area contributed by atoms with Crippen LogP contribution in [-0.4, -0.2) is 9.97 Å². The normalized spacial score (nSPS) is 13.9. The third kappa shape index (κ3) is 2.34. The van der Waals surface area contributed by atoms with E-state index in [-0.39, 0.29) is 5.82 Å². The highest BCUT2D eigenvalue weighted by atomic mass is 19.1. The van der Waals surface area contributed by atoms with Crippen molar-refractivity contribution in [2.45, 2.75) is 25.7 Å². The molecule has 20 heavy (non-hydrogen) atoms. The minimum atomic E-state index is -0.649. The van der Waals surface area contributed by atoms with Crippen molar-refractivity contribution in [3.63, 3.8) is 0 Å². The van der Waals surface area contributed by atoms with Crippen molar-refractivity contribution < 1.29 is 8.78 Å². The molecular formula is C14H14F2N4. The second kappa shape index (κ2) is 5.13. The fraction of sp³-hybridized carbons (Fsp3) is 0.286. The predicted molar refractivity (Wildman–Crippen MR) is 71.8 cm³/mol. The van der Waals surface area contributed by atoms with Gasteiger partial charge in [-0.15, -0.1) is 0 Å². The summed E-state index contributed by atoms with van der Waals surface area (Å²) >= 11 is 0. The highest BCUT2D eigenvalue weighted by molar-refractivity contribution is 5.60. The van der Waals surface area contributed by atoms with Crippen LogP contribution < -0.4 is 11.3 Å². The van der Waals surface area contributed by atoms with Crippen LogP contribution in [0.5, 0.6) is 0 Å². The number of nitrogens with two attached hydrogens (primary N) is 1. The van der Waals surface area contributed by atoms with Gasteiger partial charge in [0.15, 0.2) is 5.82 Å². The first kappa shape index (κ1) is 12.9. The van der Waals surface area contributed by atoms with E-state index in [0.717, 1.165) is 43.0 Å². The van der Waals surface area contributed by atoms with E-state index in [1.807, 2.05) is 0 Å². The van der Waals surface area contributed by atoms with E-state index >= 15 is 0 Å². The van der Waals surface area contributed by atoms with Crippen molar-refractivity contribution in [2.75, 3.05) is 5.43 Å². The lowest BCUT2D eigenvalue weighted by molar-refractivity contribution is 0.584. The van der Waals surface area contributed by atoms with Gasteiger partial charge in [-0.1, -0.05) is 0 Å². The quantitative estimate of drug-likeness (QED) is 0.653. The van der Waals surface area contributed by atoms with Gasteiger partial charge in [0.05, 0.1) is 0 Å². The predicted octanol–water partition coefficient (Wildman–Crippen LogP) is 2.59. The number of nitrogens with zero attached hydrogens (tertiary/aromatic N) is 2. The van der Waals surface area contributed by atoms with Crippen LogP contribution in [0.15, 0.2) is 18.2 Å². The smallest absolute Gasteiger partial charge is 0.162 e. The molecule has 2 aromatic rings. The van der Waals surface area contributed by atoms with Gasteiger partial charge < -0.3 is 5.43 Å². The van der Waals surface area contributed by atoms with Crippen LogP contribution in [0.1, 0.15) is 24.1 Å². The lowest BCUT2D eigenvalue weighted by Gasteiger charge is -2.18. The maximum absolute atomic E-state index is 13.3. The highest BCUT2D eigenvalue weighted by Crippen LogP contribution is 2.28. The monoisotopic (exact) mass is 276 g/mol. The third-order valence-corrected chi connectivity index (χ3v) is 3.44. The summed E-state index contributed by atoms with van der Waals surface area (Å²) in [7, 11) is 0. The average Bonchev–Trinajstić information content (AvgIpc) is 2.45. The van der Waals surface area contributed by atoms with Crippen LogP contribution in [0.4, 0.5) is 14.6 Å². The molecule has 1 aliphatic rings. The van der Waals surface area contributed by atoms with Gasteiger partial charge in [0.2, 0.25) is 0 Å². The van der Waals surface area contributed by atoms with E-state index in [9.17, 15) is 8.78 Å². The third-order valence-electron chi connectivity index (χ3n) is 3.44. The lowest BCUT2D eigenvalue weighted by atomic mass is 9.96. The fourth-order valence-corrected chi connectivity index (χ4v) is 2.53. The molecule has 0 unspecified atom stereocenters. The molecular weight excluding hydrogens is 262 g/mol. The summed E-state index contributed by atoms with van der Waals surface area (Å²) in [5.74, 6) is 5.02. The molecule has 1 aromatic heterocycles. The molecule has 0 amide bonds. The van der Waals surface area contributed by atoms with Crippen LogP contribution in [0.3, 0.4) is 0 Å². The van der Waals surface area contributed by atoms with Gasteiger partial charge >= 0.3 is 0 Å². The van der Waals surface area contributed by atoms with Crippen molar-refractivity contribution >= 4 is 5.82 Å². The van der Waals surface area contributed by atoms with Gasteiger partial charge in [-0.25, -0.2) is 24.6 Å². The number of hydrogen-bond acceptors (Lipinski definition) is 4. The number of hydrazine groups is 1. The zero-order chi connectivity index (χ0) is 14.1. The first-order chi connectivity index (χ1) is 9.67.